The van der Waals surface area contributed by atoms with Crippen LogP contribution in [0, 0.1) is 0 Å². The van der Waals surface area contributed by atoms with Crippen LogP contribution < -0.4 is 20.1 Å². The number of ether oxygens (including phenoxy) is 2. The molecule has 0 unspecified atom stereocenters. The van der Waals surface area contributed by atoms with Gasteiger partial charge in [-0.05, 0) is 48.7 Å². The fourth-order valence-electron chi connectivity index (χ4n) is 3.10. The summed E-state index contributed by atoms with van der Waals surface area (Å²) in [6, 6.07) is 12.1. The number of rotatable bonds is 4. The average molecular weight is 298 g/mol. The van der Waals surface area contributed by atoms with Crippen molar-refractivity contribution in [2.75, 3.05) is 31.4 Å². The van der Waals surface area contributed by atoms with Crippen molar-refractivity contribution < 1.29 is 9.47 Å². The van der Waals surface area contributed by atoms with Crippen LogP contribution in [0.2, 0.25) is 0 Å². The Bertz CT molecular complexity index is 670. The smallest absolute Gasteiger partial charge is 0.124 e. The predicted molar refractivity (Wildman–Crippen MR) is 89.8 cm³/mol. The van der Waals surface area contributed by atoms with E-state index in [4.69, 9.17) is 15.2 Å². The summed E-state index contributed by atoms with van der Waals surface area (Å²) < 4.78 is 10.8. The normalized spacial score (nSPS) is 13.6. The molecule has 4 heteroatoms. The summed E-state index contributed by atoms with van der Waals surface area (Å²) in [5.41, 5.74) is 10.6. The van der Waals surface area contributed by atoms with Crippen molar-refractivity contribution in [1.29, 1.82) is 0 Å². The Morgan fingerprint density at radius 3 is 2.77 bits per heavy atom. The molecule has 1 aliphatic heterocycles. The molecule has 0 bridgehead atoms. The van der Waals surface area contributed by atoms with E-state index in [2.05, 4.69) is 11.0 Å². The summed E-state index contributed by atoms with van der Waals surface area (Å²) in [5.74, 6) is 1.73. The Kier molecular flexibility index (Phi) is 4.09. The van der Waals surface area contributed by atoms with E-state index in [1.807, 2.05) is 30.3 Å². The van der Waals surface area contributed by atoms with Crippen LogP contribution in [0.5, 0.6) is 11.5 Å². The van der Waals surface area contributed by atoms with Gasteiger partial charge in [-0.2, -0.15) is 0 Å². The molecular weight excluding hydrogens is 276 g/mol. The van der Waals surface area contributed by atoms with Gasteiger partial charge in [-0.15, -0.1) is 0 Å². The van der Waals surface area contributed by atoms with Crippen LogP contribution in [0.1, 0.15) is 17.5 Å². The molecule has 4 nitrogen and oxygen atoms in total. The van der Waals surface area contributed by atoms with E-state index in [0.29, 0.717) is 0 Å². The van der Waals surface area contributed by atoms with Crippen molar-refractivity contribution in [2.45, 2.75) is 19.4 Å². The quantitative estimate of drug-likeness (QED) is 0.880. The fraction of sp³-hybridized carbons (Fsp3) is 0.333. The van der Waals surface area contributed by atoms with Crippen LogP contribution in [0.15, 0.2) is 36.4 Å². The summed E-state index contributed by atoms with van der Waals surface area (Å²) in [6.45, 7) is 1.81. The highest BCUT2D eigenvalue weighted by atomic mass is 16.5. The maximum Gasteiger partial charge on any atom is 0.124 e. The summed E-state index contributed by atoms with van der Waals surface area (Å²) in [4.78, 5) is 2.37. The molecule has 0 atom stereocenters. The lowest BCUT2D eigenvalue weighted by Gasteiger charge is -2.32. The average Bonchev–Trinajstić information content (AvgIpc) is 2.56. The van der Waals surface area contributed by atoms with Crippen LogP contribution in [0.25, 0.3) is 0 Å². The molecule has 1 aliphatic rings. The molecule has 0 radical (unpaired) electrons. The lowest BCUT2D eigenvalue weighted by atomic mass is 9.99. The minimum Gasteiger partial charge on any atom is -0.497 e. The predicted octanol–water partition coefficient (Wildman–Crippen LogP) is 3.24. The number of benzene rings is 2. The van der Waals surface area contributed by atoms with Crippen LogP contribution in [0.3, 0.4) is 0 Å². The highest BCUT2D eigenvalue weighted by Gasteiger charge is 2.20. The lowest BCUT2D eigenvalue weighted by Crippen LogP contribution is -2.29. The number of methoxy groups -OCH3 is 2. The minimum absolute atomic E-state index is 0.789. The number of anilines is 2. The Morgan fingerprint density at radius 2 is 2.00 bits per heavy atom. The third-order valence-corrected chi connectivity index (χ3v) is 4.23. The first kappa shape index (κ1) is 14.6. The zero-order chi connectivity index (χ0) is 15.5. The first-order valence-corrected chi connectivity index (χ1v) is 7.56. The van der Waals surface area contributed by atoms with E-state index >= 15 is 0 Å². The molecule has 0 aliphatic carbocycles. The molecule has 0 fully saturated rings. The molecule has 0 saturated heterocycles. The fourth-order valence-corrected chi connectivity index (χ4v) is 3.10. The molecular formula is C18H22N2O2. The molecule has 2 aromatic carbocycles. The van der Waals surface area contributed by atoms with Gasteiger partial charge < -0.3 is 20.1 Å². The number of hydrogen-bond acceptors (Lipinski definition) is 4. The molecule has 0 aromatic heterocycles. The first-order valence-electron chi connectivity index (χ1n) is 7.56. The second-order valence-corrected chi connectivity index (χ2v) is 5.55. The summed E-state index contributed by atoms with van der Waals surface area (Å²) in [6.07, 6.45) is 2.17. The van der Waals surface area contributed by atoms with E-state index < -0.39 is 0 Å². The Hall–Kier alpha value is -2.36. The van der Waals surface area contributed by atoms with Crippen LogP contribution >= 0.6 is 0 Å². The zero-order valence-electron chi connectivity index (χ0n) is 13.1. The molecule has 0 saturated carbocycles. The van der Waals surface area contributed by atoms with Gasteiger partial charge in [0.1, 0.15) is 11.5 Å². The number of nitrogens with zero attached hydrogens (tertiary/aromatic N) is 1. The number of hydrogen-bond donors (Lipinski definition) is 1. The topological polar surface area (TPSA) is 47.7 Å². The van der Waals surface area contributed by atoms with Crippen LogP contribution in [0.4, 0.5) is 11.4 Å². The van der Waals surface area contributed by atoms with Gasteiger partial charge in [0, 0.05) is 30.0 Å². The number of nitrogens with two attached hydrogens (primary N) is 1. The first-order chi connectivity index (χ1) is 10.7. The largest absolute Gasteiger partial charge is 0.497 e. The van der Waals surface area contributed by atoms with Crippen molar-refractivity contribution in [3.63, 3.8) is 0 Å². The molecule has 1 heterocycles. The van der Waals surface area contributed by atoms with Crippen LogP contribution in [-0.2, 0) is 13.0 Å². The Morgan fingerprint density at radius 1 is 1.14 bits per heavy atom. The van der Waals surface area contributed by atoms with Crippen molar-refractivity contribution >= 4 is 11.4 Å². The van der Waals surface area contributed by atoms with E-state index in [-0.39, 0.29) is 0 Å². The molecule has 3 rings (SSSR count). The van der Waals surface area contributed by atoms with Gasteiger partial charge in [0.25, 0.3) is 0 Å². The molecule has 116 valence electrons. The number of fused-ring (bicyclic) bond motifs is 1. The van der Waals surface area contributed by atoms with Gasteiger partial charge in [0.15, 0.2) is 0 Å². The monoisotopic (exact) mass is 298 g/mol. The van der Waals surface area contributed by atoms with Crippen molar-refractivity contribution in [2.24, 2.45) is 0 Å². The van der Waals surface area contributed by atoms with Gasteiger partial charge in [-0.3, -0.25) is 0 Å². The summed E-state index contributed by atoms with van der Waals surface area (Å²) in [7, 11) is 3.38. The van der Waals surface area contributed by atoms with E-state index in [1.54, 1.807) is 14.2 Å². The molecule has 22 heavy (non-hydrogen) atoms. The Balaban J connectivity index is 1.93. The lowest BCUT2D eigenvalue weighted by molar-refractivity contribution is 0.398. The van der Waals surface area contributed by atoms with Crippen molar-refractivity contribution in [1.82, 2.24) is 0 Å². The third-order valence-electron chi connectivity index (χ3n) is 4.23. The standard InChI is InChI=1S/C18H22N2O2/c1-21-14-8-9-18(22-2)13(11-14)12-20-10-4-5-15-16(19)6-3-7-17(15)20/h3,6-9,11H,4-5,10,12,19H2,1-2H3. The number of nitrogen functional groups attached to an aromatic ring is 1. The third kappa shape index (κ3) is 2.69. The zero-order valence-corrected chi connectivity index (χ0v) is 13.1. The Labute approximate surface area is 131 Å². The van der Waals surface area contributed by atoms with Crippen molar-refractivity contribution in [3.05, 3.63) is 47.5 Å². The van der Waals surface area contributed by atoms with Gasteiger partial charge in [-0.25, -0.2) is 0 Å². The molecule has 2 aromatic rings. The maximum atomic E-state index is 6.13. The second kappa shape index (κ2) is 6.18. The molecule has 0 amide bonds. The van der Waals surface area contributed by atoms with Gasteiger partial charge in [-0.1, -0.05) is 6.07 Å². The highest BCUT2D eigenvalue weighted by Crippen LogP contribution is 2.34. The van der Waals surface area contributed by atoms with Crippen LogP contribution in [-0.4, -0.2) is 20.8 Å². The summed E-state index contributed by atoms with van der Waals surface area (Å²) in [5, 5.41) is 0. The summed E-state index contributed by atoms with van der Waals surface area (Å²) >= 11 is 0. The second-order valence-electron chi connectivity index (χ2n) is 5.55. The highest BCUT2D eigenvalue weighted by molar-refractivity contribution is 5.66. The van der Waals surface area contributed by atoms with Gasteiger partial charge in [0.05, 0.1) is 14.2 Å². The van der Waals surface area contributed by atoms with Gasteiger partial charge in [0.2, 0.25) is 0 Å². The van der Waals surface area contributed by atoms with Gasteiger partial charge >= 0.3 is 0 Å². The van der Waals surface area contributed by atoms with E-state index in [1.165, 1.54) is 11.3 Å². The van der Waals surface area contributed by atoms with E-state index in [0.717, 1.165) is 48.7 Å². The van der Waals surface area contributed by atoms with E-state index in [9.17, 15) is 0 Å². The maximum absolute atomic E-state index is 6.13. The SMILES string of the molecule is COc1ccc(OC)c(CN2CCCc3c(N)cccc32)c1. The minimum atomic E-state index is 0.789. The molecule has 0 spiro atoms. The van der Waals surface area contributed by atoms with Crippen molar-refractivity contribution in [3.8, 4) is 11.5 Å². The molecule has 2 N–H and O–H groups in total.